The van der Waals surface area contributed by atoms with Crippen LogP contribution in [-0.4, -0.2) is 26.7 Å². The van der Waals surface area contributed by atoms with Gasteiger partial charge < -0.3 is 0 Å². The van der Waals surface area contributed by atoms with E-state index in [1.54, 1.807) is 12.1 Å². The van der Waals surface area contributed by atoms with Crippen molar-refractivity contribution in [2.24, 2.45) is 5.10 Å². The van der Waals surface area contributed by atoms with Gasteiger partial charge in [0.1, 0.15) is 5.69 Å². The van der Waals surface area contributed by atoms with Crippen LogP contribution in [0.4, 0.5) is 5.69 Å². The average Bonchev–Trinajstić information content (AvgIpc) is 3.27. The van der Waals surface area contributed by atoms with E-state index in [4.69, 9.17) is 0 Å². The highest BCUT2D eigenvalue weighted by Gasteiger charge is 2.13. The minimum absolute atomic E-state index is 0.0446. The van der Waals surface area contributed by atoms with Crippen LogP contribution in [0, 0.1) is 10.1 Å². The zero-order chi connectivity index (χ0) is 21.1. The molecule has 1 aromatic heterocycles. The lowest BCUT2D eigenvalue weighted by Gasteiger charge is -2.06. The first-order chi connectivity index (χ1) is 14.5. The van der Waals surface area contributed by atoms with Gasteiger partial charge in [0.15, 0.2) is 0 Å². The van der Waals surface area contributed by atoms with E-state index in [1.807, 2.05) is 49.4 Å². The van der Waals surface area contributed by atoms with E-state index in [-0.39, 0.29) is 11.4 Å². The number of nitrogens with zero attached hydrogens (tertiary/aromatic N) is 3. The zero-order valence-electron chi connectivity index (χ0n) is 16.0. The molecule has 2 N–H and O–H groups in total. The van der Waals surface area contributed by atoms with Crippen LogP contribution >= 0.6 is 0 Å². The first-order valence-corrected chi connectivity index (χ1v) is 9.16. The number of amides is 1. The van der Waals surface area contributed by atoms with Gasteiger partial charge in [-0.2, -0.15) is 10.2 Å². The summed E-state index contributed by atoms with van der Waals surface area (Å²) in [5.74, 6) is -0.459. The fourth-order valence-corrected chi connectivity index (χ4v) is 3.16. The fraction of sp³-hybridized carbons (Fsp3) is 0.0455. The SMILES string of the molecule is CC(=NNC(=O)c1cc(-c2cccc([N+](=O)[O-])c2)n[nH]1)c1cccc2ccccc12. The number of nitro groups is 1. The van der Waals surface area contributed by atoms with Gasteiger partial charge in [-0.25, -0.2) is 5.43 Å². The van der Waals surface area contributed by atoms with Gasteiger partial charge >= 0.3 is 0 Å². The summed E-state index contributed by atoms with van der Waals surface area (Å²) in [5.41, 5.74) is 5.24. The monoisotopic (exact) mass is 399 g/mol. The Bertz CT molecular complexity index is 1290. The Balaban J connectivity index is 1.53. The number of carbonyl (C=O) groups excluding carboxylic acids is 1. The van der Waals surface area contributed by atoms with Crippen LogP contribution in [0.15, 0.2) is 77.9 Å². The molecule has 0 aliphatic heterocycles. The van der Waals surface area contributed by atoms with Gasteiger partial charge in [0.25, 0.3) is 11.6 Å². The molecule has 0 bridgehead atoms. The van der Waals surface area contributed by atoms with E-state index < -0.39 is 10.8 Å². The third-order valence-corrected chi connectivity index (χ3v) is 4.68. The van der Waals surface area contributed by atoms with Crippen LogP contribution in [0.2, 0.25) is 0 Å². The number of aromatic nitrogens is 2. The first-order valence-electron chi connectivity index (χ1n) is 9.16. The number of rotatable bonds is 5. The molecule has 0 unspecified atom stereocenters. The number of hydrogen-bond donors (Lipinski definition) is 2. The molecule has 148 valence electrons. The molecule has 0 saturated heterocycles. The maximum absolute atomic E-state index is 12.5. The maximum Gasteiger partial charge on any atom is 0.289 e. The third kappa shape index (κ3) is 3.79. The number of carbonyl (C=O) groups is 1. The molecule has 0 saturated carbocycles. The van der Waals surface area contributed by atoms with Crippen LogP contribution in [0.3, 0.4) is 0 Å². The second-order valence-corrected chi connectivity index (χ2v) is 6.64. The van der Waals surface area contributed by atoms with E-state index in [0.29, 0.717) is 17.0 Å². The molecular formula is C22H17N5O3. The summed E-state index contributed by atoms with van der Waals surface area (Å²) in [4.78, 5) is 22.9. The van der Waals surface area contributed by atoms with E-state index in [2.05, 4.69) is 20.7 Å². The summed E-state index contributed by atoms with van der Waals surface area (Å²) in [6, 6.07) is 21.4. The molecular weight excluding hydrogens is 382 g/mol. The highest BCUT2D eigenvalue weighted by Crippen LogP contribution is 2.23. The minimum Gasteiger partial charge on any atom is -0.272 e. The smallest absolute Gasteiger partial charge is 0.272 e. The topological polar surface area (TPSA) is 113 Å². The van der Waals surface area contributed by atoms with E-state index >= 15 is 0 Å². The summed E-state index contributed by atoms with van der Waals surface area (Å²) in [7, 11) is 0. The average molecular weight is 399 g/mol. The van der Waals surface area contributed by atoms with Crippen molar-refractivity contribution < 1.29 is 9.72 Å². The molecule has 8 heteroatoms. The van der Waals surface area contributed by atoms with Crippen molar-refractivity contribution in [1.29, 1.82) is 0 Å². The van der Waals surface area contributed by atoms with E-state index in [1.165, 1.54) is 18.2 Å². The fourth-order valence-electron chi connectivity index (χ4n) is 3.16. The molecule has 0 radical (unpaired) electrons. The zero-order valence-corrected chi connectivity index (χ0v) is 16.0. The summed E-state index contributed by atoms with van der Waals surface area (Å²) < 4.78 is 0. The molecule has 0 aliphatic rings. The first kappa shape index (κ1) is 19.0. The Labute approximate surface area is 171 Å². The Kier molecular flexibility index (Phi) is 5.04. The molecule has 0 fully saturated rings. The minimum atomic E-state index is -0.478. The summed E-state index contributed by atoms with van der Waals surface area (Å²) >= 11 is 0. The number of hydrogen-bond acceptors (Lipinski definition) is 5. The van der Waals surface area contributed by atoms with Gasteiger partial charge in [-0.05, 0) is 23.8 Å². The van der Waals surface area contributed by atoms with Gasteiger partial charge in [0.2, 0.25) is 0 Å². The van der Waals surface area contributed by atoms with Gasteiger partial charge in [-0.1, -0.05) is 54.6 Å². The third-order valence-electron chi connectivity index (χ3n) is 4.68. The molecule has 3 aromatic carbocycles. The van der Waals surface area contributed by atoms with E-state index in [9.17, 15) is 14.9 Å². The molecule has 30 heavy (non-hydrogen) atoms. The second kappa shape index (κ2) is 7.96. The van der Waals surface area contributed by atoms with Crippen molar-refractivity contribution in [3.8, 4) is 11.3 Å². The summed E-state index contributed by atoms with van der Waals surface area (Å²) in [6.45, 7) is 1.82. The summed E-state index contributed by atoms with van der Waals surface area (Å²) in [6.07, 6.45) is 0. The highest BCUT2D eigenvalue weighted by atomic mass is 16.6. The number of aromatic amines is 1. The van der Waals surface area contributed by atoms with Crippen LogP contribution in [0.25, 0.3) is 22.0 Å². The Morgan fingerprint density at radius 3 is 2.67 bits per heavy atom. The quantitative estimate of drug-likeness (QED) is 0.296. The Hall–Kier alpha value is -4.33. The van der Waals surface area contributed by atoms with Gasteiger partial charge in [-0.3, -0.25) is 20.0 Å². The van der Waals surface area contributed by atoms with Gasteiger partial charge in [-0.15, -0.1) is 0 Å². The molecule has 0 spiro atoms. The lowest BCUT2D eigenvalue weighted by atomic mass is 10.0. The van der Waals surface area contributed by atoms with Crippen molar-refractivity contribution in [3.63, 3.8) is 0 Å². The van der Waals surface area contributed by atoms with Crippen LogP contribution in [0.1, 0.15) is 23.0 Å². The predicted octanol–water partition coefficient (Wildman–Crippen LogP) is 4.29. The van der Waals surface area contributed by atoms with Crippen LogP contribution in [-0.2, 0) is 0 Å². The number of H-pyrrole nitrogens is 1. The summed E-state index contributed by atoms with van der Waals surface area (Å²) in [5, 5.41) is 24.0. The lowest BCUT2D eigenvalue weighted by molar-refractivity contribution is -0.384. The number of nitro benzene ring substituents is 1. The van der Waals surface area contributed by atoms with Crippen molar-refractivity contribution in [2.75, 3.05) is 0 Å². The number of nitrogens with one attached hydrogen (secondary N) is 2. The van der Waals surface area contributed by atoms with Crippen molar-refractivity contribution in [1.82, 2.24) is 15.6 Å². The number of benzene rings is 3. The van der Waals surface area contributed by atoms with Crippen LogP contribution in [0.5, 0.6) is 0 Å². The maximum atomic E-state index is 12.5. The molecule has 4 aromatic rings. The molecule has 1 amide bonds. The van der Waals surface area contributed by atoms with Crippen LogP contribution < -0.4 is 5.43 Å². The highest BCUT2D eigenvalue weighted by molar-refractivity contribution is 6.10. The number of hydrazone groups is 1. The normalized spacial score (nSPS) is 11.4. The second-order valence-electron chi connectivity index (χ2n) is 6.64. The lowest BCUT2D eigenvalue weighted by Crippen LogP contribution is -2.19. The van der Waals surface area contributed by atoms with Crippen molar-refractivity contribution in [3.05, 3.63) is 94.2 Å². The molecule has 0 aliphatic carbocycles. The Morgan fingerprint density at radius 2 is 1.83 bits per heavy atom. The number of non-ortho nitro benzene ring substituents is 1. The Morgan fingerprint density at radius 1 is 1.07 bits per heavy atom. The number of fused-ring (bicyclic) bond motifs is 1. The standard InChI is InChI=1S/C22H17N5O3/c1-14(18-11-5-7-15-6-2-3-10-19(15)18)23-26-22(28)21-13-20(24-25-21)16-8-4-9-17(12-16)27(29)30/h2-13H,1H3,(H,24,25)(H,26,28). The molecule has 0 atom stereocenters. The molecule has 4 rings (SSSR count). The van der Waals surface area contributed by atoms with Crippen molar-refractivity contribution >= 4 is 28.1 Å². The predicted molar refractivity (Wildman–Crippen MR) is 114 cm³/mol. The van der Waals surface area contributed by atoms with Crippen molar-refractivity contribution in [2.45, 2.75) is 6.92 Å². The molecule has 1 heterocycles. The van der Waals surface area contributed by atoms with Gasteiger partial charge in [0, 0.05) is 23.3 Å². The largest absolute Gasteiger partial charge is 0.289 e. The van der Waals surface area contributed by atoms with Gasteiger partial charge in [0.05, 0.1) is 16.3 Å². The van der Waals surface area contributed by atoms with E-state index in [0.717, 1.165) is 16.3 Å². The molecule has 8 nitrogen and oxygen atoms in total.